The molecule has 6 heterocycles. The van der Waals surface area contributed by atoms with Gasteiger partial charge in [-0.2, -0.15) is 18.4 Å². The van der Waals surface area contributed by atoms with Crippen molar-refractivity contribution < 1.29 is 13.2 Å². The molecule has 0 atom stereocenters. The van der Waals surface area contributed by atoms with Gasteiger partial charge in [0.2, 0.25) is 0 Å². The van der Waals surface area contributed by atoms with Crippen molar-refractivity contribution in [2.75, 3.05) is 0 Å². The van der Waals surface area contributed by atoms with Gasteiger partial charge in [0.25, 0.3) is 0 Å². The van der Waals surface area contributed by atoms with Crippen LogP contribution >= 0.6 is 0 Å². The first-order valence-electron chi connectivity index (χ1n) is 30.6. The van der Waals surface area contributed by atoms with Crippen molar-refractivity contribution in [3.8, 4) is 118 Å². The standard InChI is InChI=1S/C83H52F3N7/c1-52-15-14-24-70(83(84,85)86)81(52)82-79(92-75-43-58(62-29-37-71(88-48-62)54-16-6-2-7-17-54)25-33-66(75)67-34-26-59(44-76(67)92)63-30-38-72(89-49-63)55-18-8-3-9-19-55)41-53(47-87)42-80(82)93-77-45-60(64-31-39-73(90-50-64)56-20-10-4-11-21-56)27-35-68(77)69-36-28-61(46-78(69)93)65-32-40-74(91-51-65)57-22-12-5-13-23-57/h2-46,48-51H,1H3. The van der Waals surface area contributed by atoms with E-state index in [0.29, 0.717) is 39.0 Å². The van der Waals surface area contributed by atoms with Crippen LogP contribution in [-0.2, 0) is 6.18 Å². The second-order valence-corrected chi connectivity index (χ2v) is 23.3. The lowest BCUT2D eigenvalue weighted by atomic mass is 9.90. The molecule has 6 aromatic heterocycles. The summed E-state index contributed by atoms with van der Waals surface area (Å²) in [5.74, 6) is 0. The summed E-state index contributed by atoms with van der Waals surface area (Å²) in [7, 11) is 0. The first-order chi connectivity index (χ1) is 45.6. The molecule has 0 bridgehead atoms. The first kappa shape index (κ1) is 56.0. The summed E-state index contributed by atoms with van der Waals surface area (Å²) in [6.45, 7) is 1.73. The Kier molecular flexibility index (Phi) is 13.8. The predicted octanol–water partition coefficient (Wildman–Crippen LogP) is 21.7. The van der Waals surface area contributed by atoms with E-state index in [1.165, 1.54) is 6.07 Å². The molecule has 16 aromatic rings. The van der Waals surface area contributed by atoms with Gasteiger partial charge in [0.05, 0.1) is 73.4 Å². The summed E-state index contributed by atoms with van der Waals surface area (Å²) in [5.41, 5.74) is 17.5. The lowest BCUT2D eigenvalue weighted by molar-refractivity contribution is -0.137. The third kappa shape index (κ3) is 10.1. The fourth-order valence-corrected chi connectivity index (χ4v) is 13.2. The topological polar surface area (TPSA) is 85.2 Å². The van der Waals surface area contributed by atoms with E-state index in [1.54, 1.807) is 25.1 Å². The second-order valence-electron chi connectivity index (χ2n) is 23.3. The number of hydrogen-bond donors (Lipinski definition) is 0. The molecule has 440 valence electrons. The van der Waals surface area contributed by atoms with Crippen LogP contribution in [0.2, 0.25) is 0 Å². The minimum absolute atomic E-state index is 0.0214. The van der Waals surface area contributed by atoms with Gasteiger partial charge in [-0.05, 0) is 101 Å². The van der Waals surface area contributed by atoms with Gasteiger partial charge in [-0.1, -0.05) is 206 Å². The largest absolute Gasteiger partial charge is 0.417 e. The molecular weight excluding hydrogens is 1150 g/mol. The number of fused-ring (bicyclic) bond motifs is 6. The zero-order chi connectivity index (χ0) is 62.7. The molecular formula is C83H52F3N7. The fraction of sp³-hybridized carbons (Fsp3) is 0.0241. The van der Waals surface area contributed by atoms with Gasteiger partial charge in [0, 0.05) is 102 Å². The lowest BCUT2D eigenvalue weighted by Crippen LogP contribution is -2.12. The quantitative estimate of drug-likeness (QED) is 0.129. The van der Waals surface area contributed by atoms with Crippen molar-refractivity contribution in [2.45, 2.75) is 13.1 Å². The minimum Gasteiger partial charge on any atom is -0.308 e. The summed E-state index contributed by atoms with van der Waals surface area (Å²) in [5, 5.41) is 15.0. The monoisotopic (exact) mass is 1200 g/mol. The maximum Gasteiger partial charge on any atom is 0.417 e. The summed E-state index contributed by atoms with van der Waals surface area (Å²) in [4.78, 5) is 19.7. The molecule has 0 unspecified atom stereocenters. The molecule has 16 rings (SSSR count). The van der Waals surface area contributed by atoms with Crippen molar-refractivity contribution in [3.63, 3.8) is 0 Å². The number of benzene rings is 10. The van der Waals surface area contributed by atoms with Gasteiger partial charge in [-0.3, -0.25) is 19.9 Å². The van der Waals surface area contributed by atoms with Gasteiger partial charge in [0.15, 0.2) is 0 Å². The lowest BCUT2D eigenvalue weighted by Gasteiger charge is -2.24. The van der Waals surface area contributed by atoms with Gasteiger partial charge in [0.1, 0.15) is 0 Å². The Balaban J connectivity index is 0.998. The summed E-state index contributed by atoms with van der Waals surface area (Å²) in [6, 6.07) is 91.4. The molecule has 10 aromatic carbocycles. The third-order valence-electron chi connectivity index (χ3n) is 17.7. The molecule has 93 heavy (non-hydrogen) atoms. The normalized spacial score (nSPS) is 11.6. The predicted molar refractivity (Wildman–Crippen MR) is 370 cm³/mol. The van der Waals surface area contributed by atoms with Crippen molar-refractivity contribution in [1.82, 2.24) is 29.1 Å². The highest BCUT2D eigenvalue weighted by Gasteiger charge is 2.37. The number of rotatable bonds is 11. The van der Waals surface area contributed by atoms with Crippen LogP contribution in [0, 0.1) is 18.3 Å². The van der Waals surface area contributed by atoms with E-state index in [0.717, 1.165) is 117 Å². The minimum atomic E-state index is -4.82. The van der Waals surface area contributed by atoms with Crippen LogP contribution in [0.5, 0.6) is 0 Å². The van der Waals surface area contributed by atoms with Crippen LogP contribution in [0.15, 0.2) is 298 Å². The van der Waals surface area contributed by atoms with E-state index in [-0.39, 0.29) is 16.7 Å². The highest BCUT2D eigenvalue weighted by molar-refractivity contribution is 6.14. The zero-order valence-electron chi connectivity index (χ0n) is 50.1. The van der Waals surface area contributed by atoms with Crippen molar-refractivity contribution >= 4 is 43.6 Å². The Hall–Kier alpha value is -12.3. The van der Waals surface area contributed by atoms with Crippen LogP contribution in [0.25, 0.3) is 156 Å². The van der Waals surface area contributed by atoms with Gasteiger partial charge in [-0.15, -0.1) is 0 Å². The van der Waals surface area contributed by atoms with Crippen LogP contribution in [-0.4, -0.2) is 29.1 Å². The Morgan fingerprint density at radius 3 is 0.882 bits per heavy atom. The van der Waals surface area contributed by atoms with Gasteiger partial charge < -0.3 is 9.13 Å². The molecule has 0 spiro atoms. The van der Waals surface area contributed by atoms with Crippen molar-refractivity contribution in [2.24, 2.45) is 0 Å². The molecule has 7 nitrogen and oxygen atoms in total. The molecule has 0 radical (unpaired) electrons. The SMILES string of the molecule is Cc1cccc(C(F)(F)F)c1-c1c(-n2c3cc(-c4ccc(-c5ccccc5)nc4)ccc3c3ccc(-c4ccc(-c5ccccc5)nc4)cc32)cc(C#N)cc1-n1c2cc(-c3ccc(-c4ccccc4)nc3)ccc2c2ccc(-c3ccc(-c4ccccc4)nc3)cc21. The number of hydrogen-bond acceptors (Lipinski definition) is 5. The maximum absolute atomic E-state index is 16.4. The number of alkyl halides is 3. The molecule has 0 aliphatic carbocycles. The van der Waals surface area contributed by atoms with E-state index >= 15 is 13.2 Å². The van der Waals surface area contributed by atoms with Crippen LogP contribution in [0.1, 0.15) is 16.7 Å². The van der Waals surface area contributed by atoms with E-state index in [4.69, 9.17) is 19.9 Å². The van der Waals surface area contributed by atoms with E-state index in [1.807, 2.05) is 195 Å². The average Bonchev–Trinajstić information content (AvgIpc) is 1.61. The van der Waals surface area contributed by atoms with Crippen LogP contribution in [0.4, 0.5) is 13.2 Å². The fourth-order valence-electron chi connectivity index (χ4n) is 13.2. The number of nitriles is 1. The highest BCUT2D eigenvalue weighted by atomic mass is 19.4. The van der Waals surface area contributed by atoms with E-state index in [9.17, 15) is 5.26 Å². The molecule has 0 amide bonds. The molecule has 10 heteroatoms. The molecule has 0 aliphatic rings. The number of aromatic nitrogens is 6. The van der Waals surface area contributed by atoms with Crippen LogP contribution in [0.3, 0.4) is 0 Å². The Morgan fingerprint density at radius 1 is 0.312 bits per heavy atom. The van der Waals surface area contributed by atoms with Crippen LogP contribution < -0.4 is 0 Å². The second kappa shape index (κ2) is 22.9. The van der Waals surface area contributed by atoms with Gasteiger partial charge >= 0.3 is 6.18 Å². The van der Waals surface area contributed by atoms with Gasteiger partial charge in [-0.25, -0.2) is 0 Å². The average molecular weight is 1200 g/mol. The maximum atomic E-state index is 16.4. The number of halogens is 3. The molecule has 0 saturated carbocycles. The zero-order valence-corrected chi connectivity index (χ0v) is 50.1. The van der Waals surface area contributed by atoms with Crippen molar-refractivity contribution in [1.29, 1.82) is 5.26 Å². The molecule has 0 N–H and O–H groups in total. The summed E-state index contributed by atoms with van der Waals surface area (Å²) < 4.78 is 53.4. The summed E-state index contributed by atoms with van der Waals surface area (Å²) in [6.07, 6.45) is 2.61. The highest BCUT2D eigenvalue weighted by Crippen LogP contribution is 2.49. The Morgan fingerprint density at radius 2 is 0.613 bits per heavy atom. The molecule has 0 saturated heterocycles. The number of pyridine rings is 4. The molecule has 0 aliphatic heterocycles. The Labute approximate surface area is 533 Å². The summed E-state index contributed by atoms with van der Waals surface area (Å²) >= 11 is 0. The smallest absolute Gasteiger partial charge is 0.308 e. The number of nitrogens with zero attached hydrogens (tertiary/aromatic N) is 7. The third-order valence-corrected chi connectivity index (χ3v) is 17.7. The number of aryl methyl sites for hydroxylation is 1. The Bertz CT molecular complexity index is 4980. The van der Waals surface area contributed by atoms with E-state index in [2.05, 4.69) is 88.0 Å². The molecule has 0 fully saturated rings. The van der Waals surface area contributed by atoms with Crippen molar-refractivity contribution in [3.05, 3.63) is 314 Å². The first-order valence-corrected chi connectivity index (χ1v) is 30.6. The van der Waals surface area contributed by atoms with E-state index < -0.39 is 11.7 Å².